The number of aliphatic carboxylic acids is 1. The molecule has 0 spiro atoms. The first-order valence-corrected chi connectivity index (χ1v) is 16.3. The van der Waals surface area contributed by atoms with Crippen LogP contribution < -0.4 is 0 Å². The normalized spacial score (nSPS) is 13.9. The van der Waals surface area contributed by atoms with Crippen molar-refractivity contribution in [3.8, 4) is 0 Å². The number of rotatable bonds is 27. The van der Waals surface area contributed by atoms with Crippen molar-refractivity contribution in [1.29, 1.82) is 0 Å². The first-order valence-electron chi connectivity index (χ1n) is 16.3. The molecule has 44 heavy (non-hydrogen) atoms. The van der Waals surface area contributed by atoms with Gasteiger partial charge in [-0.15, -0.1) is 0 Å². The molecule has 0 saturated heterocycles. The van der Waals surface area contributed by atoms with E-state index in [1.807, 2.05) is 33.3 Å². The zero-order chi connectivity index (χ0) is 32.9. The van der Waals surface area contributed by atoms with Crippen LogP contribution in [0.3, 0.4) is 0 Å². The summed E-state index contributed by atoms with van der Waals surface area (Å²) in [6.07, 6.45) is 30.3. The molecular formula is C36H60NO7+. The van der Waals surface area contributed by atoms with Gasteiger partial charge in [-0.2, -0.15) is 0 Å². The average Bonchev–Trinajstić information content (AvgIpc) is 2.96. The Kier molecular flexibility index (Phi) is 25.7. The van der Waals surface area contributed by atoms with Crippen LogP contribution in [-0.4, -0.2) is 80.6 Å². The van der Waals surface area contributed by atoms with Gasteiger partial charge in [-0.3, -0.25) is 9.59 Å². The number of ether oxygens (including phenoxy) is 3. The van der Waals surface area contributed by atoms with Gasteiger partial charge in [0.25, 0.3) is 0 Å². The highest BCUT2D eigenvalue weighted by Gasteiger charge is 2.31. The van der Waals surface area contributed by atoms with E-state index >= 15 is 0 Å². The Balaban J connectivity index is 4.68. The number of nitrogens with zero attached hydrogens (tertiary/aromatic N) is 1. The summed E-state index contributed by atoms with van der Waals surface area (Å²) in [6, 6.07) is -0.629. The van der Waals surface area contributed by atoms with Crippen LogP contribution in [0.2, 0.25) is 0 Å². The first-order chi connectivity index (χ1) is 21.1. The van der Waals surface area contributed by atoms with Crippen molar-refractivity contribution >= 4 is 17.9 Å². The molecule has 0 saturated carbocycles. The second-order valence-corrected chi connectivity index (χ2v) is 11.7. The van der Waals surface area contributed by atoms with Gasteiger partial charge in [-0.25, -0.2) is 4.79 Å². The third-order valence-electron chi connectivity index (χ3n) is 6.71. The summed E-state index contributed by atoms with van der Waals surface area (Å²) in [5.41, 5.74) is 0. The predicted octanol–water partition coefficient (Wildman–Crippen LogP) is 7.51. The van der Waals surface area contributed by atoms with Crippen LogP contribution >= 0.6 is 0 Å². The number of carboxylic acid groups (broad SMARTS) is 1. The van der Waals surface area contributed by atoms with Crippen molar-refractivity contribution in [3.05, 3.63) is 60.8 Å². The Morgan fingerprint density at radius 1 is 0.750 bits per heavy atom. The van der Waals surface area contributed by atoms with Crippen LogP contribution in [0.5, 0.6) is 0 Å². The molecule has 250 valence electrons. The number of unbranched alkanes of at least 4 members (excludes halogenated alkanes) is 5. The molecule has 1 N–H and O–H groups in total. The molecule has 0 heterocycles. The van der Waals surface area contributed by atoms with Crippen molar-refractivity contribution in [2.24, 2.45) is 0 Å². The summed E-state index contributed by atoms with van der Waals surface area (Å²) in [4.78, 5) is 36.4. The Morgan fingerprint density at radius 2 is 1.39 bits per heavy atom. The molecular weight excluding hydrogens is 558 g/mol. The maximum atomic E-state index is 12.5. The number of esters is 2. The summed E-state index contributed by atoms with van der Waals surface area (Å²) < 4.78 is 16.9. The van der Waals surface area contributed by atoms with E-state index in [1.54, 1.807) is 6.08 Å². The number of hydrogen-bond acceptors (Lipinski definition) is 6. The van der Waals surface area contributed by atoms with Gasteiger partial charge in [0.1, 0.15) is 6.61 Å². The van der Waals surface area contributed by atoms with E-state index in [0.29, 0.717) is 12.8 Å². The van der Waals surface area contributed by atoms with Crippen LogP contribution in [-0.2, 0) is 28.6 Å². The van der Waals surface area contributed by atoms with Gasteiger partial charge in [-0.1, -0.05) is 93.9 Å². The molecule has 0 bridgehead atoms. The molecule has 8 heteroatoms. The minimum absolute atomic E-state index is 0.0200. The minimum Gasteiger partial charge on any atom is -0.477 e. The summed E-state index contributed by atoms with van der Waals surface area (Å²) in [5, 5.41) is 9.53. The summed E-state index contributed by atoms with van der Waals surface area (Å²) >= 11 is 0. The molecule has 0 aromatic rings. The monoisotopic (exact) mass is 618 g/mol. The Hall–Kier alpha value is -2.97. The molecule has 2 atom stereocenters. The molecule has 8 nitrogen and oxygen atoms in total. The number of hydrogen-bond donors (Lipinski definition) is 1. The minimum atomic E-state index is -0.895. The van der Waals surface area contributed by atoms with Crippen molar-refractivity contribution < 1.29 is 38.2 Å². The lowest BCUT2D eigenvalue weighted by Crippen LogP contribution is -2.50. The van der Waals surface area contributed by atoms with E-state index in [4.69, 9.17) is 14.2 Å². The van der Waals surface area contributed by atoms with Crippen molar-refractivity contribution in [2.75, 3.05) is 41.0 Å². The second-order valence-electron chi connectivity index (χ2n) is 11.7. The lowest BCUT2D eigenvalue weighted by atomic mass is 10.1. The van der Waals surface area contributed by atoms with Gasteiger partial charge < -0.3 is 23.8 Å². The van der Waals surface area contributed by atoms with Crippen LogP contribution in [0.15, 0.2) is 60.8 Å². The smallest absolute Gasteiger partial charge is 0.362 e. The van der Waals surface area contributed by atoms with Gasteiger partial charge in [-0.05, 0) is 44.9 Å². The first kappa shape index (κ1) is 41.0. The average molecular weight is 619 g/mol. The Labute approximate surface area is 267 Å². The molecule has 0 aromatic heterocycles. The number of carbonyl (C=O) groups is 3. The Bertz CT molecular complexity index is 912. The van der Waals surface area contributed by atoms with Gasteiger partial charge in [0.15, 0.2) is 12.1 Å². The van der Waals surface area contributed by atoms with Crippen molar-refractivity contribution in [3.63, 3.8) is 0 Å². The molecule has 0 aromatic carbocycles. The van der Waals surface area contributed by atoms with Crippen molar-refractivity contribution in [2.45, 2.75) is 109 Å². The van der Waals surface area contributed by atoms with E-state index < -0.39 is 24.1 Å². The number of carboxylic acids is 1. The highest BCUT2D eigenvalue weighted by Crippen LogP contribution is 2.10. The summed E-state index contributed by atoms with van der Waals surface area (Å²) in [5.74, 6) is -1.67. The van der Waals surface area contributed by atoms with Gasteiger partial charge in [0.05, 0.1) is 40.8 Å². The van der Waals surface area contributed by atoms with Crippen LogP contribution in [0.4, 0.5) is 0 Å². The van der Waals surface area contributed by atoms with Crippen LogP contribution in [0.1, 0.15) is 97.3 Å². The zero-order valence-electron chi connectivity index (χ0n) is 28.1. The lowest BCUT2D eigenvalue weighted by Gasteiger charge is -2.31. The predicted molar refractivity (Wildman–Crippen MR) is 178 cm³/mol. The lowest BCUT2D eigenvalue weighted by molar-refractivity contribution is -0.887. The highest BCUT2D eigenvalue weighted by molar-refractivity contribution is 5.72. The maximum absolute atomic E-state index is 12.5. The Morgan fingerprint density at radius 3 is 2.00 bits per heavy atom. The topological polar surface area (TPSA) is 99.1 Å². The SMILES string of the molecule is CC/C=C/C/C=C/C/C=C/CC(=O)OCC(COCCC(C(=O)O)[N+](C)(C)C)OC(=O)CCCCC/C=C/C=C/CCCC. The maximum Gasteiger partial charge on any atom is 0.362 e. The van der Waals surface area contributed by atoms with E-state index in [2.05, 4.69) is 56.4 Å². The standard InChI is InChI=1S/C36H59NO7/c1-6-8-10-12-14-16-17-19-21-23-25-27-35(39)44-32(30-42-29-28-33(36(40)41)37(3,4)5)31-43-34(38)26-24-22-20-18-15-13-11-9-7-2/h9,11-12,14-18,22,24,32-33H,6-8,10,13,19-21,23,25-31H2,1-5H3/p+1/b11-9+,14-12+,17-16+,18-15+,24-22+. The summed E-state index contributed by atoms with van der Waals surface area (Å²) in [6.45, 7) is 4.37. The van der Waals surface area contributed by atoms with Gasteiger partial charge in [0.2, 0.25) is 0 Å². The number of allylic oxidation sites excluding steroid dienone is 9. The van der Waals surface area contributed by atoms with Crippen LogP contribution in [0.25, 0.3) is 0 Å². The molecule has 0 amide bonds. The number of quaternary nitrogens is 1. The van der Waals surface area contributed by atoms with E-state index in [9.17, 15) is 19.5 Å². The van der Waals surface area contributed by atoms with E-state index in [0.717, 1.165) is 44.9 Å². The van der Waals surface area contributed by atoms with Crippen LogP contribution in [0, 0.1) is 0 Å². The third-order valence-corrected chi connectivity index (χ3v) is 6.71. The molecule has 0 aliphatic rings. The molecule has 0 aliphatic heterocycles. The largest absolute Gasteiger partial charge is 0.477 e. The van der Waals surface area contributed by atoms with E-state index in [-0.39, 0.29) is 43.1 Å². The second kappa shape index (κ2) is 27.6. The zero-order valence-corrected chi connectivity index (χ0v) is 28.1. The van der Waals surface area contributed by atoms with Gasteiger partial charge >= 0.3 is 17.9 Å². The number of carbonyl (C=O) groups excluding carboxylic acids is 2. The fourth-order valence-electron chi connectivity index (χ4n) is 4.13. The molecule has 0 aliphatic carbocycles. The highest BCUT2D eigenvalue weighted by atomic mass is 16.6. The molecule has 0 radical (unpaired) electrons. The molecule has 0 fully saturated rings. The fourth-order valence-corrected chi connectivity index (χ4v) is 4.13. The third kappa shape index (κ3) is 25.5. The fraction of sp³-hybridized carbons (Fsp3) is 0.639. The quantitative estimate of drug-likeness (QED) is 0.0334. The summed E-state index contributed by atoms with van der Waals surface area (Å²) in [7, 11) is 5.46. The molecule has 0 rings (SSSR count). The molecule has 2 unspecified atom stereocenters. The van der Waals surface area contributed by atoms with E-state index in [1.165, 1.54) is 12.8 Å². The van der Waals surface area contributed by atoms with Crippen molar-refractivity contribution in [1.82, 2.24) is 0 Å². The van der Waals surface area contributed by atoms with Gasteiger partial charge in [0, 0.05) is 12.8 Å². The number of likely N-dealkylation sites (N-methyl/N-ethyl adjacent to an activating group) is 1.